The van der Waals surface area contributed by atoms with Crippen molar-refractivity contribution in [3.63, 3.8) is 0 Å². The van der Waals surface area contributed by atoms with Crippen LogP contribution < -0.4 is 0 Å². The standard InChI is InChI=1S/C53H33F6N3/c1-31-11-3-5-13-39(31)33-19-21-48-43(25-33)41-15-7-9-17-46(41)61(48)50-27-36(35-23-37(52(54,55)56)29-38(24-35)53(57,58)59)28-51(45(50)30-60)62-47-18-10-8-16-42(47)44-26-34(20-22-49(44)62)40-14-6-4-12-32(40)2/h3-29H,1-2H3. The highest BCUT2D eigenvalue weighted by atomic mass is 19.4. The van der Waals surface area contributed by atoms with Gasteiger partial charge in [-0.1, -0.05) is 97.1 Å². The van der Waals surface area contributed by atoms with Crippen molar-refractivity contribution in [1.82, 2.24) is 9.13 Å². The average Bonchev–Trinajstić information content (AvgIpc) is 3.77. The number of rotatable bonds is 5. The minimum Gasteiger partial charge on any atom is -0.308 e. The van der Waals surface area contributed by atoms with Gasteiger partial charge < -0.3 is 9.13 Å². The lowest BCUT2D eigenvalue weighted by Crippen LogP contribution is -2.11. The first-order chi connectivity index (χ1) is 29.8. The Bertz CT molecular complexity index is 3270. The fourth-order valence-electron chi connectivity index (χ4n) is 8.96. The molecule has 2 aromatic heterocycles. The Morgan fingerprint density at radius 2 is 0.790 bits per heavy atom. The number of alkyl halides is 6. The molecule has 0 aliphatic carbocycles. The van der Waals surface area contributed by atoms with E-state index in [2.05, 4.69) is 18.2 Å². The molecule has 62 heavy (non-hydrogen) atoms. The van der Waals surface area contributed by atoms with Crippen molar-refractivity contribution in [2.75, 3.05) is 0 Å². The summed E-state index contributed by atoms with van der Waals surface area (Å²) in [4.78, 5) is 0. The van der Waals surface area contributed by atoms with E-state index in [9.17, 15) is 31.6 Å². The summed E-state index contributed by atoms with van der Waals surface area (Å²) in [5, 5.41) is 14.7. The van der Waals surface area contributed by atoms with Gasteiger partial charge in [0.05, 0.1) is 44.6 Å². The number of hydrogen-bond acceptors (Lipinski definition) is 1. The summed E-state index contributed by atoms with van der Waals surface area (Å²) >= 11 is 0. The van der Waals surface area contributed by atoms with E-state index in [4.69, 9.17) is 0 Å². The smallest absolute Gasteiger partial charge is 0.308 e. The zero-order valence-electron chi connectivity index (χ0n) is 33.2. The van der Waals surface area contributed by atoms with E-state index in [0.717, 1.165) is 67.1 Å². The lowest BCUT2D eigenvalue weighted by Gasteiger charge is -2.20. The molecule has 10 aromatic rings. The van der Waals surface area contributed by atoms with Gasteiger partial charge in [0.15, 0.2) is 0 Å². The molecule has 0 spiro atoms. The first-order valence-corrected chi connectivity index (χ1v) is 19.9. The van der Waals surface area contributed by atoms with Crippen molar-refractivity contribution in [3.8, 4) is 50.8 Å². The van der Waals surface area contributed by atoms with Crippen LogP contribution >= 0.6 is 0 Å². The molecule has 0 radical (unpaired) electrons. The van der Waals surface area contributed by atoms with E-state index < -0.39 is 23.5 Å². The molecule has 0 unspecified atom stereocenters. The van der Waals surface area contributed by atoms with Gasteiger partial charge >= 0.3 is 12.4 Å². The molecule has 0 saturated heterocycles. The van der Waals surface area contributed by atoms with E-state index in [-0.39, 0.29) is 22.8 Å². The van der Waals surface area contributed by atoms with E-state index in [0.29, 0.717) is 33.4 Å². The highest BCUT2D eigenvalue weighted by Gasteiger charge is 2.37. The van der Waals surface area contributed by atoms with Crippen molar-refractivity contribution in [1.29, 1.82) is 5.26 Å². The largest absolute Gasteiger partial charge is 0.416 e. The van der Waals surface area contributed by atoms with Crippen LogP contribution in [0, 0.1) is 25.2 Å². The van der Waals surface area contributed by atoms with Crippen LogP contribution in [0.15, 0.2) is 164 Å². The first kappa shape index (κ1) is 38.6. The van der Waals surface area contributed by atoms with Crippen molar-refractivity contribution in [2.45, 2.75) is 26.2 Å². The summed E-state index contributed by atoms with van der Waals surface area (Å²) in [5.74, 6) is 0. The van der Waals surface area contributed by atoms with Gasteiger partial charge in [-0.05, 0) is 125 Å². The number of aryl methyl sites for hydroxylation is 2. The molecule has 0 bridgehead atoms. The third-order valence-corrected chi connectivity index (χ3v) is 11.9. The molecule has 0 aliphatic rings. The highest BCUT2D eigenvalue weighted by molar-refractivity contribution is 6.12. The van der Waals surface area contributed by atoms with Gasteiger partial charge in [-0.25, -0.2) is 0 Å². The quantitative estimate of drug-likeness (QED) is 0.159. The monoisotopic (exact) mass is 825 g/mol. The van der Waals surface area contributed by atoms with Gasteiger partial charge in [0.2, 0.25) is 0 Å². The van der Waals surface area contributed by atoms with Gasteiger partial charge in [-0.3, -0.25) is 0 Å². The van der Waals surface area contributed by atoms with E-state index in [1.165, 1.54) is 12.1 Å². The molecular formula is C53H33F6N3. The average molecular weight is 826 g/mol. The SMILES string of the molecule is Cc1ccccc1-c1ccc2c(c1)c1ccccc1n2-c1cc(-c2cc(C(F)(F)F)cc(C(F)(F)F)c2)cc(-n2c3ccccc3c3cc(-c4ccccc4C)ccc32)c1C#N. The predicted molar refractivity (Wildman–Crippen MR) is 236 cm³/mol. The molecule has 9 heteroatoms. The molecule has 0 atom stereocenters. The predicted octanol–water partition coefficient (Wildman–Crippen LogP) is 15.4. The Labute approximate surface area is 351 Å². The lowest BCUT2D eigenvalue weighted by molar-refractivity contribution is -0.143. The minimum atomic E-state index is -5.07. The summed E-state index contributed by atoms with van der Waals surface area (Å²) in [6.07, 6.45) is -10.1. The van der Waals surface area contributed by atoms with E-state index in [1.54, 1.807) is 0 Å². The van der Waals surface area contributed by atoms with Crippen molar-refractivity contribution < 1.29 is 26.3 Å². The summed E-state index contributed by atoms with van der Waals surface area (Å²) in [7, 11) is 0. The minimum absolute atomic E-state index is 0.0653. The van der Waals surface area contributed by atoms with E-state index in [1.807, 2.05) is 144 Å². The zero-order valence-corrected chi connectivity index (χ0v) is 33.2. The van der Waals surface area contributed by atoms with Crippen molar-refractivity contribution >= 4 is 43.6 Å². The molecular weight excluding hydrogens is 793 g/mol. The van der Waals surface area contributed by atoms with Crippen LogP contribution in [0.5, 0.6) is 0 Å². The Hall–Kier alpha value is -7.57. The third kappa shape index (κ3) is 6.29. The second-order valence-corrected chi connectivity index (χ2v) is 15.6. The van der Waals surface area contributed by atoms with Gasteiger partial charge in [0, 0.05) is 21.5 Å². The highest BCUT2D eigenvalue weighted by Crippen LogP contribution is 2.44. The summed E-state index contributed by atoms with van der Waals surface area (Å²) < 4.78 is 90.3. The molecule has 0 fully saturated rings. The number of nitriles is 1. The normalized spacial score (nSPS) is 12.2. The Kier molecular flexibility index (Phi) is 8.89. The number of halogens is 6. The summed E-state index contributed by atoms with van der Waals surface area (Å²) in [5.41, 5.74) is 6.63. The van der Waals surface area contributed by atoms with Crippen LogP contribution in [0.2, 0.25) is 0 Å². The molecule has 3 nitrogen and oxygen atoms in total. The van der Waals surface area contributed by atoms with Gasteiger partial charge in [0.1, 0.15) is 11.6 Å². The van der Waals surface area contributed by atoms with Gasteiger partial charge in [-0.2, -0.15) is 31.6 Å². The first-order valence-electron chi connectivity index (χ1n) is 19.9. The van der Waals surface area contributed by atoms with Gasteiger partial charge in [-0.15, -0.1) is 0 Å². The maximum atomic E-state index is 14.4. The molecule has 0 aliphatic heterocycles. The van der Waals surface area contributed by atoms with Crippen molar-refractivity contribution in [3.05, 3.63) is 192 Å². The van der Waals surface area contributed by atoms with Crippen molar-refractivity contribution in [2.24, 2.45) is 0 Å². The summed E-state index contributed by atoms with van der Waals surface area (Å²) in [6.45, 7) is 4.07. The Morgan fingerprint density at radius 1 is 0.403 bits per heavy atom. The molecule has 8 aromatic carbocycles. The van der Waals surface area contributed by atoms with Crippen LogP contribution in [0.3, 0.4) is 0 Å². The van der Waals surface area contributed by atoms with Crippen LogP contribution in [0.1, 0.15) is 27.8 Å². The second-order valence-electron chi connectivity index (χ2n) is 15.6. The maximum Gasteiger partial charge on any atom is 0.416 e. The van der Waals surface area contributed by atoms with Crippen LogP contribution in [0.4, 0.5) is 26.3 Å². The summed E-state index contributed by atoms with van der Waals surface area (Å²) in [6, 6.07) is 50.4. The molecule has 0 amide bonds. The molecule has 0 saturated carbocycles. The number of nitrogens with zero attached hydrogens (tertiary/aromatic N) is 3. The zero-order chi connectivity index (χ0) is 43.1. The topological polar surface area (TPSA) is 33.6 Å². The number of fused-ring (bicyclic) bond motifs is 6. The number of para-hydroxylation sites is 2. The molecule has 2 heterocycles. The third-order valence-electron chi connectivity index (χ3n) is 11.9. The number of benzene rings is 8. The van der Waals surface area contributed by atoms with E-state index >= 15 is 0 Å². The van der Waals surface area contributed by atoms with Crippen LogP contribution in [-0.4, -0.2) is 9.13 Å². The fourth-order valence-corrected chi connectivity index (χ4v) is 8.96. The Balaban J connectivity index is 1.33. The van der Waals surface area contributed by atoms with Crippen LogP contribution in [0.25, 0.3) is 88.4 Å². The van der Waals surface area contributed by atoms with Gasteiger partial charge in [0.25, 0.3) is 0 Å². The second kappa shape index (κ2) is 14.3. The Morgan fingerprint density at radius 3 is 1.21 bits per heavy atom. The van der Waals surface area contributed by atoms with Crippen LogP contribution in [-0.2, 0) is 12.4 Å². The maximum absolute atomic E-state index is 14.4. The lowest BCUT2D eigenvalue weighted by atomic mass is 9.96. The number of aromatic nitrogens is 2. The molecule has 302 valence electrons. The molecule has 10 rings (SSSR count). The number of hydrogen-bond donors (Lipinski definition) is 0. The molecule has 0 N–H and O–H groups in total. The fraction of sp³-hybridized carbons (Fsp3) is 0.0755.